The smallest absolute Gasteiger partial charge is 0.0429 e. The molecule has 1 rings (SSSR count). The van der Waals surface area contributed by atoms with Gasteiger partial charge in [-0.3, -0.25) is 0 Å². The molecule has 86 valence electrons. The van der Waals surface area contributed by atoms with E-state index >= 15 is 0 Å². The van der Waals surface area contributed by atoms with Gasteiger partial charge in [0, 0.05) is 24.5 Å². The first-order chi connectivity index (χ1) is 7.29. The molecule has 2 heteroatoms. The monoisotopic (exact) mass is 208 g/mol. The van der Waals surface area contributed by atoms with E-state index in [1.807, 2.05) is 59.9 Å². The van der Waals surface area contributed by atoms with Gasteiger partial charge in [0.25, 0.3) is 0 Å². The molecule has 0 radical (unpaired) electrons. The van der Waals surface area contributed by atoms with Crippen LogP contribution in [0.4, 0.5) is 5.69 Å². The molecule has 0 aliphatic rings. The van der Waals surface area contributed by atoms with Crippen LogP contribution >= 0.6 is 0 Å². The van der Waals surface area contributed by atoms with E-state index in [1.165, 1.54) is 6.21 Å². The molecule has 1 aromatic carbocycles. The second-order valence-corrected chi connectivity index (χ2v) is 2.43. The Morgan fingerprint density at radius 1 is 1.13 bits per heavy atom. The van der Waals surface area contributed by atoms with E-state index in [-0.39, 0.29) is 0 Å². The molecular weight excluding hydrogens is 184 g/mol. The van der Waals surface area contributed by atoms with E-state index in [0.29, 0.717) is 0 Å². The van der Waals surface area contributed by atoms with Gasteiger partial charge in [0.2, 0.25) is 0 Å². The van der Waals surface area contributed by atoms with Crippen molar-refractivity contribution in [2.24, 2.45) is 0 Å². The van der Waals surface area contributed by atoms with Crippen LogP contribution in [0.5, 0.6) is 0 Å². The van der Waals surface area contributed by atoms with Gasteiger partial charge in [0.15, 0.2) is 0 Å². The zero-order chi connectivity index (χ0) is 12.3. The summed E-state index contributed by atoms with van der Waals surface area (Å²) in [6.07, 6.45) is 1.38. The Morgan fingerprint density at radius 3 is 2.00 bits per heavy atom. The molecule has 0 heterocycles. The number of rotatable bonds is 2. The third-order valence-electron chi connectivity index (χ3n) is 1.74. The summed E-state index contributed by atoms with van der Waals surface area (Å²) in [4.78, 5) is 0. The number of nitrogens with one attached hydrogen (secondary N) is 2. The molecule has 0 aliphatic carbocycles. The molecule has 2 nitrogen and oxygen atoms in total. The minimum Gasteiger partial charge on any atom is -0.388 e. The quantitative estimate of drug-likeness (QED) is 0.706. The lowest BCUT2D eigenvalue weighted by Crippen LogP contribution is -1.95. The fraction of sp³-hybridized carbons (Fsp3) is 0.462. The fourth-order valence-electron chi connectivity index (χ4n) is 1.09. The predicted octanol–water partition coefficient (Wildman–Crippen LogP) is 4.09. The van der Waals surface area contributed by atoms with Gasteiger partial charge < -0.3 is 10.7 Å². The van der Waals surface area contributed by atoms with Crippen molar-refractivity contribution in [3.63, 3.8) is 0 Å². The second-order valence-electron chi connectivity index (χ2n) is 2.43. The van der Waals surface area contributed by atoms with E-state index in [2.05, 4.69) is 5.32 Å². The number of benzene rings is 1. The molecular formula is C13H24N2. The minimum atomic E-state index is 0.968. The van der Waals surface area contributed by atoms with Crippen LogP contribution in [-0.2, 0) is 0 Å². The van der Waals surface area contributed by atoms with Gasteiger partial charge in [-0.15, -0.1) is 0 Å². The van der Waals surface area contributed by atoms with Crippen molar-refractivity contribution >= 4 is 11.9 Å². The largest absolute Gasteiger partial charge is 0.388 e. The average molecular weight is 208 g/mol. The second kappa shape index (κ2) is 10.8. The van der Waals surface area contributed by atoms with Gasteiger partial charge >= 0.3 is 0 Å². The summed E-state index contributed by atoms with van der Waals surface area (Å²) in [6.45, 7) is 10.0. The van der Waals surface area contributed by atoms with Crippen LogP contribution in [0.2, 0.25) is 0 Å². The Kier molecular flexibility index (Phi) is 11.6. The lowest BCUT2D eigenvalue weighted by Gasteiger charge is -2.06. The lowest BCUT2D eigenvalue weighted by atomic mass is 10.1. The van der Waals surface area contributed by atoms with Gasteiger partial charge in [-0.05, 0) is 18.6 Å². The highest BCUT2D eigenvalue weighted by Gasteiger charge is 1.98. The Labute approximate surface area is 94.2 Å². The molecule has 0 aliphatic heterocycles. The molecule has 0 fully saturated rings. The summed E-state index contributed by atoms with van der Waals surface area (Å²) in [7, 11) is 1.86. The van der Waals surface area contributed by atoms with Gasteiger partial charge in [-0.25, -0.2) is 0 Å². The number of hydrogen-bond donors (Lipinski definition) is 2. The summed E-state index contributed by atoms with van der Waals surface area (Å²) in [5.74, 6) is 0. The maximum atomic E-state index is 7.16. The number of hydrogen-bond acceptors (Lipinski definition) is 2. The van der Waals surface area contributed by atoms with Gasteiger partial charge in [-0.2, -0.15) is 0 Å². The SMILES string of the molecule is CC.CC.CNc1cccc(C)c1C=N. The van der Waals surface area contributed by atoms with E-state index in [1.54, 1.807) is 0 Å². The van der Waals surface area contributed by atoms with Crippen LogP contribution in [0.25, 0.3) is 0 Å². The van der Waals surface area contributed by atoms with Crippen molar-refractivity contribution in [1.29, 1.82) is 5.41 Å². The first kappa shape index (κ1) is 16.1. The molecule has 0 spiro atoms. The molecule has 0 bridgehead atoms. The van der Waals surface area contributed by atoms with Crippen LogP contribution in [0, 0.1) is 12.3 Å². The minimum absolute atomic E-state index is 0.968. The topological polar surface area (TPSA) is 35.9 Å². The molecule has 0 amide bonds. The highest BCUT2D eigenvalue weighted by atomic mass is 14.8. The molecule has 0 saturated heterocycles. The van der Waals surface area contributed by atoms with Crippen molar-refractivity contribution in [3.05, 3.63) is 29.3 Å². The first-order valence-electron chi connectivity index (χ1n) is 5.57. The van der Waals surface area contributed by atoms with Gasteiger partial charge in [0.05, 0.1) is 0 Å². The highest BCUT2D eigenvalue weighted by Crippen LogP contribution is 2.15. The standard InChI is InChI=1S/C9H12N2.2C2H6/c1-7-4-3-5-9(11-2)8(7)6-10;2*1-2/h3-6,10-11H,1-2H3;2*1-2H3. The Morgan fingerprint density at radius 2 is 1.67 bits per heavy atom. The lowest BCUT2D eigenvalue weighted by molar-refractivity contribution is 1.40. The van der Waals surface area contributed by atoms with Crippen molar-refractivity contribution in [2.75, 3.05) is 12.4 Å². The van der Waals surface area contributed by atoms with Crippen LogP contribution in [-0.4, -0.2) is 13.3 Å². The van der Waals surface area contributed by atoms with Crippen molar-refractivity contribution in [2.45, 2.75) is 34.6 Å². The summed E-state index contributed by atoms with van der Waals surface area (Å²) < 4.78 is 0. The van der Waals surface area contributed by atoms with Crippen LogP contribution in [0.1, 0.15) is 38.8 Å². The average Bonchev–Trinajstić information content (AvgIpc) is 2.33. The third kappa shape index (κ3) is 5.21. The zero-order valence-electron chi connectivity index (χ0n) is 10.8. The van der Waals surface area contributed by atoms with E-state index < -0.39 is 0 Å². The van der Waals surface area contributed by atoms with Gasteiger partial charge in [-0.1, -0.05) is 39.8 Å². The zero-order valence-corrected chi connectivity index (χ0v) is 10.8. The Hall–Kier alpha value is -1.31. The maximum absolute atomic E-state index is 7.16. The molecule has 0 aromatic heterocycles. The fourth-order valence-corrected chi connectivity index (χ4v) is 1.09. The summed E-state index contributed by atoms with van der Waals surface area (Å²) >= 11 is 0. The number of aryl methyl sites for hydroxylation is 1. The van der Waals surface area contributed by atoms with E-state index in [0.717, 1.165) is 16.8 Å². The highest BCUT2D eigenvalue weighted by molar-refractivity contribution is 5.87. The molecule has 2 N–H and O–H groups in total. The summed E-state index contributed by atoms with van der Waals surface area (Å²) in [5.41, 5.74) is 3.11. The molecule has 0 unspecified atom stereocenters. The molecule has 0 atom stereocenters. The van der Waals surface area contributed by atoms with Crippen molar-refractivity contribution in [1.82, 2.24) is 0 Å². The maximum Gasteiger partial charge on any atom is 0.0429 e. The molecule has 15 heavy (non-hydrogen) atoms. The van der Waals surface area contributed by atoms with E-state index in [4.69, 9.17) is 5.41 Å². The first-order valence-corrected chi connectivity index (χ1v) is 5.57. The summed E-state index contributed by atoms with van der Waals surface area (Å²) in [6, 6.07) is 5.95. The predicted molar refractivity (Wildman–Crippen MR) is 71.3 cm³/mol. The summed E-state index contributed by atoms with van der Waals surface area (Å²) in [5, 5.41) is 10.2. The Bertz CT molecular complexity index is 267. The van der Waals surface area contributed by atoms with E-state index in [9.17, 15) is 0 Å². The third-order valence-corrected chi connectivity index (χ3v) is 1.74. The molecule has 0 saturated carbocycles. The molecule has 1 aromatic rings. The van der Waals surface area contributed by atoms with Crippen molar-refractivity contribution < 1.29 is 0 Å². The normalized spacial score (nSPS) is 7.60. The van der Waals surface area contributed by atoms with Crippen molar-refractivity contribution in [3.8, 4) is 0 Å². The van der Waals surface area contributed by atoms with Gasteiger partial charge in [0.1, 0.15) is 0 Å². The van der Waals surface area contributed by atoms with Crippen LogP contribution < -0.4 is 5.32 Å². The van der Waals surface area contributed by atoms with Crippen LogP contribution in [0.3, 0.4) is 0 Å². The van der Waals surface area contributed by atoms with Crippen LogP contribution in [0.15, 0.2) is 18.2 Å². The Balaban J connectivity index is 0. The number of anilines is 1.